The highest BCUT2D eigenvalue weighted by Gasteiger charge is 2.44. The summed E-state index contributed by atoms with van der Waals surface area (Å²) in [6.07, 6.45) is 6.60. The monoisotopic (exact) mass is 449 g/mol. The number of benzene rings is 1. The molecule has 3 aromatic rings. The van der Waals surface area contributed by atoms with Gasteiger partial charge in [0.1, 0.15) is 12.1 Å². The van der Waals surface area contributed by atoms with E-state index in [-0.39, 0.29) is 23.9 Å². The van der Waals surface area contributed by atoms with Crippen molar-refractivity contribution in [2.45, 2.75) is 37.6 Å². The summed E-state index contributed by atoms with van der Waals surface area (Å²) in [5.41, 5.74) is 1.45. The van der Waals surface area contributed by atoms with Crippen LogP contribution in [-0.4, -0.2) is 58.4 Å². The van der Waals surface area contributed by atoms with Gasteiger partial charge in [0.2, 0.25) is 5.91 Å². The van der Waals surface area contributed by atoms with Gasteiger partial charge in [0, 0.05) is 30.7 Å². The van der Waals surface area contributed by atoms with Gasteiger partial charge in [0.05, 0.1) is 16.8 Å². The van der Waals surface area contributed by atoms with Gasteiger partial charge in [0.25, 0.3) is 5.91 Å². The molecule has 2 aliphatic heterocycles. The Morgan fingerprint density at radius 2 is 1.81 bits per heavy atom. The number of carbonyl (C=O) groups excluding carboxylic acids is 2. The van der Waals surface area contributed by atoms with Crippen molar-refractivity contribution in [2.24, 2.45) is 0 Å². The van der Waals surface area contributed by atoms with Crippen molar-refractivity contribution in [2.75, 3.05) is 31.1 Å². The normalized spacial score (nSPS) is 21.1. The van der Waals surface area contributed by atoms with Crippen LogP contribution in [0.3, 0.4) is 0 Å². The van der Waals surface area contributed by atoms with Crippen LogP contribution in [0, 0.1) is 0 Å². The van der Waals surface area contributed by atoms with Gasteiger partial charge in [-0.2, -0.15) is 0 Å². The Kier molecular flexibility index (Phi) is 5.78. The summed E-state index contributed by atoms with van der Waals surface area (Å²) in [7, 11) is 0. The van der Waals surface area contributed by atoms with E-state index in [1.54, 1.807) is 29.8 Å². The summed E-state index contributed by atoms with van der Waals surface area (Å²) in [5, 5.41) is 4.87. The van der Waals surface area contributed by atoms with Crippen molar-refractivity contribution in [3.8, 4) is 0 Å². The lowest BCUT2D eigenvalue weighted by molar-refractivity contribution is -0.134. The van der Waals surface area contributed by atoms with Crippen LogP contribution in [0.15, 0.2) is 48.1 Å². The van der Waals surface area contributed by atoms with Crippen molar-refractivity contribution >= 4 is 39.2 Å². The molecule has 8 heteroatoms. The largest absolute Gasteiger partial charge is 0.355 e. The third kappa shape index (κ3) is 3.95. The Hall–Kier alpha value is -3.00. The average Bonchev–Trinajstić information content (AvgIpc) is 3.41. The number of hydrogen-bond donors (Lipinski definition) is 1. The third-order valence-electron chi connectivity index (χ3n) is 6.77. The Labute approximate surface area is 191 Å². The van der Waals surface area contributed by atoms with Gasteiger partial charge in [-0.05, 0) is 55.7 Å². The van der Waals surface area contributed by atoms with Crippen molar-refractivity contribution in [1.29, 1.82) is 0 Å². The molecule has 166 valence electrons. The third-order valence-corrected chi connectivity index (χ3v) is 7.67. The fraction of sp³-hybridized carbons (Fsp3) is 0.417. The molecule has 2 amide bonds. The van der Waals surface area contributed by atoms with Crippen LogP contribution < -0.4 is 10.2 Å². The van der Waals surface area contributed by atoms with Crippen LogP contribution in [0.2, 0.25) is 0 Å². The maximum Gasteiger partial charge on any atom is 0.251 e. The molecule has 2 aromatic heterocycles. The van der Waals surface area contributed by atoms with E-state index in [0.29, 0.717) is 5.56 Å². The summed E-state index contributed by atoms with van der Waals surface area (Å²) >= 11 is 1.68. The first-order chi connectivity index (χ1) is 15.7. The quantitative estimate of drug-likeness (QED) is 0.660. The highest BCUT2D eigenvalue weighted by atomic mass is 32.1. The molecule has 0 aliphatic carbocycles. The zero-order valence-electron chi connectivity index (χ0n) is 18.0. The second kappa shape index (κ2) is 8.86. The molecule has 5 rings (SSSR count). The Morgan fingerprint density at radius 3 is 2.66 bits per heavy atom. The molecule has 2 aliphatic rings. The summed E-state index contributed by atoms with van der Waals surface area (Å²) in [6, 6.07) is 11.1. The molecular weight excluding hydrogens is 422 g/mol. The molecule has 1 spiro atoms. The minimum absolute atomic E-state index is 0.0166. The van der Waals surface area contributed by atoms with Crippen molar-refractivity contribution < 1.29 is 9.59 Å². The predicted octanol–water partition coefficient (Wildman–Crippen LogP) is 3.47. The topological polar surface area (TPSA) is 78.4 Å². The lowest BCUT2D eigenvalue weighted by atomic mass is 9.87. The molecule has 32 heavy (non-hydrogen) atoms. The molecule has 0 unspecified atom stereocenters. The van der Waals surface area contributed by atoms with Gasteiger partial charge >= 0.3 is 0 Å². The van der Waals surface area contributed by atoms with Gasteiger partial charge in [0.15, 0.2) is 0 Å². The number of rotatable bonds is 4. The van der Waals surface area contributed by atoms with Crippen LogP contribution >= 0.6 is 11.3 Å². The number of thiophene rings is 1. The van der Waals surface area contributed by atoms with E-state index in [1.165, 1.54) is 0 Å². The van der Waals surface area contributed by atoms with E-state index >= 15 is 0 Å². The molecule has 2 saturated heterocycles. The van der Waals surface area contributed by atoms with E-state index in [0.717, 1.165) is 67.8 Å². The zero-order valence-corrected chi connectivity index (χ0v) is 18.8. The minimum atomic E-state index is -0.206. The second-order valence-electron chi connectivity index (χ2n) is 8.59. The number of nitrogens with one attached hydrogen (secondary N) is 1. The van der Waals surface area contributed by atoms with E-state index in [9.17, 15) is 9.59 Å². The Bertz CT molecular complexity index is 1120. The van der Waals surface area contributed by atoms with Crippen molar-refractivity contribution in [1.82, 2.24) is 20.2 Å². The van der Waals surface area contributed by atoms with Gasteiger partial charge in [-0.25, -0.2) is 9.97 Å². The number of anilines is 1. The maximum atomic E-state index is 13.1. The highest BCUT2D eigenvalue weighted by Crippen LogP contribution is 2.40. The predicted molar refractivity (Wildman–Crippen MR) is 126 cm³/mol. The Morgan fingerprint density at radius 1 is 1.00 bits per heavy atom. The Balaban J connectivity index is 1.26. The van der Waals surface area contributed by atoms with Crippen LogP contribution in [0.1, 0.15) is 42.5 Å². The standard InChI is InChI=1S/C24H27N5O2S/c30-20(16-25-23(31)18-6-2-1-3-7-18)29-13-5-10-24(29)9-4-12-28(14-11-24)22-21-19(8-15-32-21)26-17-27-22/h1-3,6-8,15,17H,4-5,9-14,16H2,(H,25,31)/t24-/m0/s1. The average molecular weight is 450 g/mol. The van der Waals surface area contributed by atoms with Crippen molar-refractivity contribution in [3.63, 3.8) is 0 Å². The first-order valence-electron chi connectivity index (χ1n) is 11.2. The maximum absolute atomic E-state index is 13.1. The summed E-state index contributed by atoms with van der Waals surface area (Å²) in [6.45, 7) is 2.60. The first kappa shape index (κ1) is 20.9. The molecule has 0 saturated carbocycles. The van der Waals surface area contributed by atoms with E-state index < -0.39 is 0 Å². The molecule has 2 fully saturated rings. The molecule has 7 nitrogen and oxygen atoms in total. The van der Waals surface area contributed by atoms with Gasteiger partial charge in [-0.3, -0.25) is 9.59 Å². The summed E-state index contributed by atoms with van der Waals surface area (Å²) < 4.78 is 1.13. The van der Waals surface area contributed by atoms with E-state index in [2.05, 4.69) is 25.6 Å². The smallest absolute Gasteiger partial charge is 0.251 e. The summed E-state index contributed by atoms with van der Waals surface area (Å²) in [5.74, 6) is 0.818. The fourth-order valence-corrected chi connectivity index (χ4v) is 6.04. The molecule has 1 N–H and O–H groups in total. The van der Waals surface area contributed by atoms with Crippen LogP contribution in [-0.2, 0) is 4.79 Å². The number of nitrogens with zero attached hydrogens (tertiary/aromatic N) is 4. The van der Waals surface area contributed by atoms with Gasteiger partial charge in [-0.1, -0.05) is 18.2 Å². The van der Waals surface area contributed by atoms with Gasteiger partial charge in [-0.15, -0.1) is 11.3 Å². The fourth-order valence-electron chi connectivity index (χ4n) is 5.18. The highest BCUT2D eigenvalue weighted by molar-refractivity contribution is 7.17. The van der Waals surface area contributed by atoms with Crippen LogP contribution in [0.4, 0.5) is 5.82 Å². The SMILES string of the molecule is O=C(NCC(=O)N1CCC[C@]12CCCN(c1ncnc3ccsc13)CC2)c1ccccc1. The van der Waals surface area contributed by atoms with Gasteiger partial charge < -0.3 is 15.1 Å². The molecule has 4 heterocycles. The lowest BCUT2D eigenvalue weighted by Gasteiger charge is -2.38. The molecule has 0 radical (unpaired) electrons. The molecule has 1 atom stereocenters. The van der Waals surface area contributed by atoms with Crippen LogP contribution in [0.25, 0.3) is 10.2 Å². The number of carbonyl (C=O) groups is 2. The molecule has 0 bridgehead atoms. The van der Waals surface area contributed by atoms with E-state index in [1.807, 2.05) is 29.2 Å². The minimum Gasteiger partial charge on any atom is -0.355 e. The number of fused-ring (bicyclic) bond motifs is 1. The number of amides is 2. The number of likely N-dealkylation sites (tertiary alicyclic amines) is 1. The lowest BCUT2D eigenvalue weighted by Crippen LogP contribution is -2.51. The molecule has 1 aromatic carbocycles. The van der Waals surface area contributed by atoms with Crippen molar-refractivity contribution in [3.05, 3.63) is 53.7 Å². The molecular formula is C24H27N5O2S. The number of hydrogen-bond acceptors (Lipinski definition) is 6. The first-order valence-corrected chi connectivity index (χ1v) is 12.1. The summed E-state index contributed by atoms with van der Waals surface area (Å²) in [4.78, 5) is 38.9. The van der Waals surface area contributed by atoms with Crippen LogP contribution in [0.5, 0.6) is 0 Å². The van der Waals surface area contributed by atoms with E-state index in [4.69, 9.17) is 0 Å². The zero-order chi connectivity index (χ0) is 22.0. The second-order valence-corrected chi connectivity index (χ2v) is 9.51. The number of aromatic nitrogens is 2.